The highest BCUT2D eigenvalue weighted by Crippen LogP contribution is 2.23. The number of aryl methyl sites for hydroxylation is 1. The third-order valence-corrected chi connectivity index (χ3v) is 2.06. The van der Waals surface area contributed by atoms with Crippen LogP contribution in [-0.2, 0) is 0 Å². The van der Waals surface area contributed by atoms with Crippen molar-refractivity contribution in [2.45, 2.75) is 13.3 Å². The normalized spacial score (nSPS) is 10.8. The Bertz CT molecular complexity index is 301. The van der Waals surface area contributed by atoms with E-state index in [0.717, 1.165) is 0 Å². The van der Waals surface area contributed by atoms with Crippen LogP contribution in [0.1, 0.15) is 17.8 Å². The van der Waals surface area contributed by atoms with Crippen LogP contribution in [0.15, 0.2) is 6.07 Å². The second-order valence-corrected chi connectivity index (χ2v) is 3.41. The lowest BCUT2D eigenvalue weighted by Gasteiger charge is -2.03. The van der Waals surface area contributed by atoms with Gasteiger partial charge in [0, 0.05) is 5.69 Å². The molecular formula is C7H5F3IN. The van der Waals surface area contributed by atoms with Gasteiger partial charge in [0.05, 0.1) is 3.57 Å². The molecule has 0 aliphatic heterocycles. The van der Waals surface area contributed by atoms with Crippen LogP contribution in [0.3, 0.4) is 0 Å². The summed E-state index contributed by atoms with van der Waals surface area (Å²) in [6.45, 7) is 1.55. The van der Waals surface area contributed by atoms with Crippen molar-refractivity contribution in [1.29, 1.82) is 0 Å². The highest BCUT2D eigenvalue weighted by molar-refractivity contribution is 14.1. The van der Waals surface area contributed by atoms with E-state index < -0.39 is 17.9 Å². The van der Waals surface area contributed by atoms with Gasteiger partial charge in [0.25, 0.3) is 6.43 Å². The molecule has 0 aliphatic rings. The molecule has 0 unspecified atom stereocenters. The Hall–Kier alpha value is -0.330. The molecule has 1 rings (SSSR count). The zero-order chi connectivity index (χ0) is 9.30. The number of pyridine rings is 1. The van der Waals surface area contributed by atoms with Crippen molar-refractivity contribution in [2.24, 2.45) is 0 Å². The maximum atomic E-state index is 12.9. The predicted molar refractivity (Wildman–Crippen MR) is 46.6 cm³/mol. The molecule has 66 valence electrons. The Morgan fingerprint density at radius 3 is 2.58 bits per heavy atom. The van der Waals surface area contributed by atoms with E-state index in [0.29, 0.717) is 5.69 Å². The fourth-order valence-corrected chi connectivity index (χ4v) is 1.51. The minimum Gasteiger partial charge on any atom is -0.249 e. The standard InChI is InChI=1S/C7H5F3IN/c1-3-2-4(11)5(8)6(12-3)7(9)10/h2,7H,1H3. The van der Waals surface area contributed by atoms with Crippen LogP contribution < -0.4 is 0 Å². The van der Waals surface area contributed by atoms with Crippen molar-refractivity contribution in [3.63, 3.8) is 0 Å². The zero-order valence-corrected chi connectivity index (χ0v) is 8.27. The van der Waals surface area contributed by atoms with E-state index >= 15 is 0 Å². The number of alkyl halides is 2. The molecule has 0 fully saturated rings. The number of nitrogens with zero attached hydrogens (tertiary/aromatic N) is 1. The van der Waals surface area contributed by atoms with Crippen molar-refractivity contribution < 1.29 is 13.2 Å². The SMILES string of the molecule is Cc1cc(I)c(F)c(C(F)F)n1. The monoisotopic (exact) mass is 287 g/mol. The van der Waals surface area contributed by atoms with E-state index in [1.165, 1.54) is 6.07 Å². The van der Waals surface area contributed by atoms with E-state index in [9.17, 15) is 13.2 Å². The van der Waals surface area contributed by atoms with Crippen LogP contribution >= 0.6 is 22.6 Å². The van der Waals surface area contributed by atoms with Crippen LogP contribution in [-0.4, -0.2) is 4.98 Å². The van der Waals surface area contributed by atoms with Gasteiger partial charge in [-0.25, -0.2) is 18.2 Å². The molecule has 0 N–H and O–H groups in total. The third kappa shape index (κ3) is 1.88. The molecule has 0 bridgehead atoms. The zero-order valence-electron chi connectivity index (χ0n) is 6.11. The predicted octanol–water partition coefficient (Wildman–Crippen LogP) is 3.07. The summed E-state index contributed by atoms with van der Waals surface area (Å²) in [5, 5.41) is 0. The van der Waals surface area contributed by atoms with Crippen LogP contribution in [0.25, 0.3) is 0 Å². The number of halogens is 4. The quantitative estimate of drug-likeness (QED) is 0.723. The summed E-state index contributed by atoms with van der Waals surface area (Å²) in [6, 6.07) is 1.42. The first-order chi connectivity index (χ1) is 5.52. The maximum Gasteiger partial charge on any atom is 0.283 e. The molecule has 0 saturated heterocycles. The smallest absolute Gasteiger partial charge is 0.249 e. The fraction of sp³-hybridized carbons (Fsp3) is 0.286. The van der Waals surface area contributed by atoms with Gasteiger partial charge in [0.1, 0.15) is 5.69 Å². The van der Waals surface area contributed by atoms with E-state index in [-0.39, 0.29) is 3.57 Å². The molecule has 5 heteroatoms. The molecule has 0 radical (unpaired) electrons. The fourth-order valence-electron chi connectivity index (χ4n) is 0.785. The van der Waals surface area contributed by atoms with Crippen molar-refractivity contribution in [3.8, 4) is 0 Å². The first-order valence-corrected chi connectivity index (χ1v) is 4.21. The molecule has 0 aromatic carbocycles. The molecule has 12 heavy (non-hydrogen) atoms. The Morgan fingerprint density at radius 1 is 1.50 bits per heavy atom. The Kier molecular flexibility index (Phi) is 2.92. The molecule has 1 nitrogen and oxygen atoms in total. The second-order valence-electron chi connectivity index (χ2n) is 2.25. The van der Waals surface area contributed by atoms with Crippen LogP contribution in [0.5, 0.6) is 0 Å². The van der Waals surface area contributed by atoms with Crippen LogP contribution in [0, 0.1) is 16.3 Å². The number of rotatable bonds is 1. The first kappa shape index (κ1) is 9.76. The Labute approximate surface area is 81.1 Å². The summed E-state index contributed by atoms with van der Waals surface area (Å²) in [6.07, 6.45) is -2.85. The van der Waals surface area contributed by atoms with Crippen molar-refractivity contribution in [1.82, 2.24) is 4.98 Å². The van der Waals surface area contributed by atoms with Crippen molar-refractivity contribution in [3.05, 3.63) is 26.8 Å². The number of hydrogen-bond donors (Lipinski definition) is 0. The highest BCUT2D eigenvalue weighted by Gasteiger charge is 2.17. The van der Waals surface area contributed by atoms with E-state index in [1.54, 1.807) is 29.5 Å². The minimum atomic E-state index is -2.85. The van der Waals surface area contributed by atoms with Crippen molar-refractivity contribution in [2.75, 3.05) is 0 Å². The molecule has 0 amide bonds. The topological polar surface area (TPSA) is 12.9 Å². The summed E-state index contributed by atoms with van der Waals surface area (Å²) in [4.78, 5) is 3.40. The first-order valence-electron chi connectivity index (χ1n) is 3.13. The number of hydrogen-bond acceptors (Lipinski definition) is 1. The summed E-state index contributed by atoms with van der Waals surface area (Å²) in [7, 11) is 0. The molecule has 0 aliphatic carbocycles. The molecular weight excluding hydrogens is 282 g/mol. The van der Waals surface area contributed by atoms with Gasteiger partial charge in [-0.15, -0.1) is 0 Å². The highest BCUT2D eigenvalue weighted by atomic mass is 127. The Morgan fingerprint density at radius 2 is 2.08 bits per heavy atom. The van der Waals surface area contributed by atoms with Gasteiger partial charge in [-0.05, 0) is 35.6 Å². The lowest BCUT2D eigenvalue weighted by atomic mass is 10.3. The minimum absolute atomic E-state index is 0.176. The van der Waals surface area contributed by atoms with E-state index in [1.807, 2.05) is 0 Å². The third-order valence-electron chi connectivity index (χ3n) is 1.27. The van der Waals surface area contributed by atoms with Gasteiger partial charge in [-0.2, -0.15) is 0 Å². The summed E-state index contributed by atoms with van der Waals surface area (Å²) < 4.78 is 37.2. The molecule has 1 aromatic rings. The average Bonchev–Trinajstić information content (AvgIpc) is 1.96. The van der Waals surface area contributed by atoms with Gasteiger partial charge in [-0.1, -0.05) is 0 Å². The molecule has 1 heterocycles. The van der Waals surface area contributed by atoms with Crippen LogP contribution in [0.4, 0.5) is 13.2 Å². The van der Waals surface area contributed by atoms with Gasteiger partial charge in [-0.3, -0.25) is 0 Å². The lowest BCUT2D eigenvalue weighted by Crippen LogP contribution is -2.00. The summed E-state index contributed by atoms with van der Waals surface area (Å²) in [5.41, 5.74) is -0.365. The van der Waals surface area contributed by atoms with Gasteiger partial charge in [0.15, 0.2) is 5.82 Å². The molecule has 0 spiro atoms. The van der Waals surface area contributed by atoms with Gasteiger partial charge in [0.2, 0.25) is 0 Å². The maximum absolute atomic E-state index is 12.9. The van der Waals surface area contributed by atoms with E-state index in [2.05, 4.69) is 4.98 Å². The molecule has 1 aromatic heterocycles. The summed E-state index contributed by atoms with van der Waals surface area (Å²) in [5.74, 6) is -0.920. The molecule has 0 atom stereocenters. The molecule has 0 saturated carbocycles. The average molecular weight is 287 g/mol. The Balaban J connectivity index is 3.28. The number of aromatic nitrogens is 1. The van der Waals surface area contributed by atoms with Gasteiger partial charge < -0.3 is 0 Å². The summed E-state index contributed by atoms with van der Waals surface area (Å²) >= 11 is 1.66. The second kappa shape index (κ2) is 3.59. The van der Waals surface area contributed by atoms with Gasteiger partial charge >= 0.3 is 0 Å². The van der Waals surface area contributed by atoms with Crippen molar-refractivity contribution >= 4 is 22.6 Å². The lowest BCUT2D eigenvalue weighted by molar-refractivity contribution is 0.140. The van der Waals surface area contributed by atoms with E-state index in [4.69, 9.17) is 0 Å². The largest absolute Gasteiger partial charge is 0.283 e. The van der Waals surface area contributed by atoms with Crippen LogP contribution in [0.2, 0.25) is 0 Å².